The summed E-state index contributed by atoms with van der Waals surface area (Å²) in [5.74, 6) is -0.417. The van der Waals surface area contributed by atoms with Crippen LogP contribution in [0.3, 0.4) is 0 Å². The lowest BCUT2D eigenvalue weighted by atomic mass is 10.1. The monoisotopic (exact) mass is 373 g/mol. The third kappa shape index (κ3) is 3.21. The van der Waals surface area contributed by atoms with Gasteiger partial charge in [-0.05, 0) is 12.1 Å². The molecule has 0 atom stereocenters. The van der Waals surface area contributed by atoms with E-state index in [4.69, 9.17) is 9.15 Å². The minimum Gasteiger partial charge on any atom is -0.465 e. The van der Waals surface area contributed by atoms with E-state index in [1.807, 2.05) is 36.4 Å². The van der Waals surface area contributed by atoms with Gasteiger partial charge in [0.15, 0.2) is 11.6 Å². The van der Waals surface area contributed by atoms with Crippen molar-refractivity contribution in [2.24, 2.45) is 0 Å². The molecule has 2 heterocycles. The van der Waals surface area contributed by atoms with Gasteiger partial charge in [0.1, 0.15) is 11.1 Å². The molecule has 7 nitrogen and oxygen atoms in total. The second-order valence-electron chi connectivity index (χ2n) is 5.89. The molecule has 7 heteroatoms. The smallest absolute Gasteiger partial charge is 0.344 e. The first kappa shape index (κ1) is 17.4. The number of ether oxygens (including phenoxy) is 1. The van der Waals surface area contributed by atoms with E-state index in [-0.39, 0.29) is 28.5 Å². The molecule has 0 bridgehead atoms. The summed E-state index contributed by atoms with van der Waals surface area (Å²) in [5.41, 5.74) is 1.73. The lowest BCUT2D eigenvalue weighted by Crippen LogP contribution is -2.13. The Morgan fingerprint density at radius 3 is 2.36 bits per heavy atom. The molecule has 28 heavy (non-hydrogen) atoms. The highest BCUT2D eigenvalue weighted by Crippen LogP contribution is 2.32. The number of furan rings is 1. The van der Waals surface area contributed by atoms with E-state index in [1.165, 1.54) is 13.3 Å². The molecule has 0 unspecified atom stereocenters. The molecular weight excluding hydrogens is 358 g/mol. The van der Waals surface area contributed by atoms with Crippen molar-refractivity contribution < 1.29 is 18.7 Å². The topological polar surface area (TPSA) is 94.3 Å². The molecule has 0 saturated carbocycles. The largest absolute Gasteiger partial charge is 0.465 e. The van der Waals surface area contributed by atoms with Gasteiger partial charge in [0.05, 0.1) is 13.3 Å². The number of esters is 1. The zero-order chi connectivity index (χ0) is 19.5. The van der Waals surface area contributed by atoms with E-state index in [2.05, 4.69) is 15.3 Å². The first-order valence-corrected chi connectivity index (χ1v) is 8.47. The van der Waals surface area contributed by atoms with E-state index in [0.29, 0.717) is 16.9 Å². The minimum atomic E-state index is -0.599. The van der Waals surface area contributed by atoms with Gasteiger partial charge in [-0.2, -0.15) is 0 Å². The molecule has 138 valence electrons. The van der Waals surface area contributed by atoms with Gasteiger partial charge in [0, 0.05) is 11.1 Å². The van der Waals surface area contributed by atoms with Crippen LogP contribution in [0, 0.1) is 0 Å². The predicted octanol–water partition coefficient (Wildman–Crippen LogP) is 3.93. The molecular formula is C21H15N3O4. The maximum Gasteiger partial charge on any atom is 0.344 e. The Kier molecular flexibility index (Phi) is 4.55. The number of hydrogen-bond acceptors (Lipinski definition) is 6. The quantitative estimate of drug-likeness (QED) is 0.545. The minimum absolute atomic E-state index is 0.159. The maximum atomic E-state index is 12.4. The lowest BCUT2D eigenvalue weighted by Gasteiger charge is -2.04. The number of rotatable bonds is 4. The Labute approximate surface area is 160 Å². The van der Waals surface area contributed by atoms with Crippen molar-refractivity contribution in [3.63, 3.8) is 0 Å². The highest BCUT2D eigenvalue weighted by molar-refractivity contribution is 6.08. The van der Waals surface area contributed by atoms with Crippen molar-refractivity contribution in [2.45, 2.75) is 0 Å². The van der Waals surface area contributed by atoms with Crippen molar-refractivity contribution in [3.8, 4) is 11.3 Å². The molecule has 0 aliphatic carbocycles. The van der Waals surface area contributed by atoms with Gasteiger partial charge in [-0.15, -0.1) is 0 Å². The number of benzene rings is 2. The third-order valence-electron chi connectivity index (χ3n) is 4.10. The average molecular weight is 373 g/mol. The Bertz CT molecular complexity index is 1150. The second-order valence-corrected chi connectivity index (χ2v) is 5.89. The highest BCUT2D eigenvalue weighted by atomic mass is 16.5. The van der Waals surface area contributed by atoms with Crippen molar-refractivity contribution in [1.29, 1.82) is 0 Å². The standard InChI is InChI=1S/C21H15N3O4/c1-27-21(26)16-17-20(28-18(16)13-8-4-2-5-9-13)22-12-15(23-17)24-19(25)14-10-6-3-7-11-14/h2-12H,1H3,(H,23,24,25). The van der Waals surface area contributed by atoms with Crippen LogP contribution in [0.1, 0.15) is 20.7 Å². The summed E-state index contributed by atoms with van der Waals surface area (Å²) in [5, 5.41) is 2.68. The van der Waals surface area contributed by atoms with Crippen LogP contribution < -0.4 is 5.32 Å². The normalized spacial score (nSPS) is 10.6. The molecule has 0 radical (unpaired) electrons. The van der Waals surface area contributed by atoms with Gasteiger partial charge < -0.3 is 14.5 Å². The van der Waals surface area contributed by atoms with Crippen molar-refractivity contribution >= 4 is 28.9 Å². The molecule has 4 aromatic rings. The Morgan fingerprint density at radius 2 is 1.68 bits per heavy atom. The summed E-state index contributed by atoms with van der Waals surface area (Å²) in [7, 11) is 1.28. The van der Waals surface area contributed by atoms with Crippen molar-refractivity contribution in [2.75, 3.05) is 12.4 Å². The van der Waals surface area contributed by atoms with E-state index < -0.39 is 5.97 Å². The number of aromatic nitrogens is 2. The molecule has 1 amide bonds. The van der Waals surface area contributed by atoms with Crippen LogP contribution in [0.2, 0.25) is 0 Å². The van der Waals surface area contributed by atoms with E-state index in [0.717, 1.165) is 0 Å². The summed E-state index contributed by atoms with van der Waals surface area (Å²) in [6, 6.07) is 17.9. The summed E-state index contributed by atoms with van der Waals surface area (Å²) in [4.78, 5) is 33.3. The highest BCUT2D eigenvalue weighted by Gasteiger charge is 2.25. The van der Waals surface area contributed by atoms with Crippen LogP contribution in [0.25, 0.3) is 22.6 Å². The molecule has 0 aliphatic rings. The molecule has 0 aliphatic heterocycles. The van der Waals surface area contributed by atoms with Crippen molar-refractivity contribution in [3.05, 3.63) is 78.0 Å². The lowest BCUT2D eigenvalue weighted by molar-refractivity contribution is 0.0602. The Balaban J connectivity index is 1.78. The molecule has 2 aromatic heterocycles. The fourth-order valence-corrected chi connectivity index (χ4v) is 2.79. The number of carbonyl (C=O) groups is 2. The Morgan fingerprint density at radius 1 is 1.00 bits per heavy atom. The number of nitrogens with zero attached hydrogens (tertiary/aromatic N) is 2. The number of amides is 1. The van der Waals surface area contributed by atoms with Crippen LogP contribution in [-0.4, -0.2) is 29.0 Å². The summed E-state index contributed by atoms with van der Waals surface area (Å²) in [6.45, 7) is 0. The summed E-state index contributed by atoms with van der Waals surface area (Å²) >= 11 is 0. The number of carbonyl (C=O) groups excluding carboxylic acids is 2. The predicted molar refractivity (Wildman–Crippen MR) is 103 cm³/mol. The average Bonchev–Trinajstić information content (AvgIpc) is 3.13. The fraction of sp³-hybridized carbons (Fsp3) is 0.0476. The molecule has 2 aromatic carbocycles. The molecule has 0 fully saturated rings. The first-order valence-electron chi connectivity index (χ1n) is 8.47. The molecule has 4 rings (SSSR count). The van der Waals surface area contributed by atoms with Gasteiger partial charge in [-0.3, -0.25) is 4.79 Å². The fourth-order valence-electron chi connectivity index (χ4n) is 2.79. The summed E-state index contributed by atoms with van der Waals surface area (Å²) in [6.07, 6.45) is 1.38. The molecule has 1 N–H and O–H groups in total. The zero-order valence-corrected chi connectivity index (χ0v) is 14.9. The van der Waals surface area contributed by atoms with Crippen LogP contribution in [0.15, 0.2) is 71.3 Å². The number of fused-ring (bicyclic) bond motifs is 1. The van der Waals surface area contributed by atoms with Gasteiger partial charge in [-0.1, -0.05) is 48.5 Å². The van der Waals surface area contributed by atoms with Crippen LogP contribution >= 0.6 is 0 Å². The Hall–Kier alpha value is -4.00. The number of hydrogen-bond donors (Lipinski definition) is 1. The van der Waals surface area contributed by atoms with Gasteiger partial charge in [0.25, 0.3) is 5.91 Å². The maximum absolute atomic E-state index is 12.4. The van der Waals surface area contributed by atoms with Gasteiger partial charge in [-0.25, -0.2) is 14.8 Å². The number of anilines is 1. The zero-order valence-electron chi connectivity index (χ0n) is 14.9. The summed E-state index contributed by atoms with van der Waals surface area (Å²) < 4.78 is 10.7. The number of methoxy groups -OCH3 is 1. The third-order valence-corrected chi connectivity index (χ3v) is 4.10. The van der Waals surface area contributed by atoms with Crippen LogP contribution in [0.4, 0.5) is 5.82 Å². The van der Waals surface area contributed by atoms with E-state index in [1.54, 1.807) is 24.3 Å². The van der Waals surface area contributed by atoms with Crippen LogP contribution in [-0.2, 0) is 4.74 Å². The van der Waals surface area contributed by atoms with Gasteiger partial charge in [0.2, 0.25) is 5.71 Å². The first-order chi connectivity index (χ1) is 13.7. The van der Waals surface area contributed by atoms with Crippen LogP contribution in [0.5, 0.6) is 0 Å². The SMILES string of the molecule is COC(=O)c1c(-c2ccccc2)oc2ncc(NC(=O)c3ccccc3)nc12. The molecule has 0 spiro atoms. The van der Waals surface area contributed by atoms with Gasteiger partial charge >= 0.3 is 5.97 Å². The number of nitrogens with one attached hydrogen (secondary N) is 1. The second kappa shape index (κ2) is 7.32. The molecule has 0 saturated heterocycles. The van der Waals surface area contributed by atoms with Crippen molar-refractivity contribution in [1.82, 2.24) is 9.97 Å². The van der Waals surface area contributed by atoms with E-state index >= 15 is 0 Å². The van der Waals surface area contributed by atoms with E-state index in [9.17, 15) is 9.59 Å².